The molecule has 0 atom stereocenters. The van der Waals surface area contributed by atoms with Gasteiger partial charge in [0.2, 0.25) is 0 Å². The summed E-state index contributed by atoms with van der Waals surface area (Å²) >= 11 is 5.05. The number of benzene rings is 1. The van der Waals surface area contributed by atoms with Crippen molar-refractivity contribution in [2.24, 2.45) is 0 Å². The van der Waals surface area contributed by atoms with Crippen LogP contribution in [0, 0.1) is 5.82 Å². The van der Waals surface area contributed by atoms with Gasteiger partial charge in [-0.1, -0.05) is 20.8 Å². The van der Waals surface area contributed by atoms with Crippen molar-refractivity contribution < 1.29 is 19.0 Å². The third-order valence-electron chi connectivity index (χ3n) is 3.84. The number of pyridine rings is 1. The van der Waals surface area contributed by atoms with Crippen LogP contribution in [0.1, 0.15) is 20.8 Å². The Bertz CT molecular complexity index is 978. The maximum absolute atomic E-state index is 14.6. The van der Waals surface area contributed by atoms with Crippen molar-refractivity contribution in [3.63, 3.8) is 0 Å². The molecule has 0 aliphatic rings. The number of aliphatic hydroxyl groups excluding tert-OH is 1. The second kappa shape index (κ2) is 8.31. The quantitative estimate of drug-likeness (QED) is 0.505. The van der Waals surface area contributed by atoms with Gasteiger partial charge >= 0.3 is 0 Å². The van der Waals surface area contributed by atoms with Gasteiger partial charge in [-0.3, -0.25) is 4.40 Å². The van der Waals surface area contributed by atoms with Gasteiger partial charge in [0.05, 0.1) is 35.0 Å². The molecule has 0 saturated carbocycles. The number of hydrogen-bond acceptors (Lipinski definition) is 5. The van der Waals surface area contributed by atoms with Gasteiger partial charge < -0.3 is 14.6 Å². The van der Waals surface area contributed by atoms with E-state index in [2.05, 4.69) is 41.7 Å². The maximum atomic E-state index is 14.6. The van der Waals surface area contributed by atoms with E-state index in [1.807, 2.05) is 16.7 Å². The van der Waals surface area contributed by atoms with E-state index in [1.165, 1.54) is 6.07 Å². The molecule has 150 valence electrons. The van der Waals surface area contributed by atoms with Crippen LogP contribution in [0.5, 0.6) is 11.5 Å². The molecule has 0 spiro atoms. The van der Waals surface area contributed by atoms with Gasteiger partial charge in [0.25, 0.3) is 0 Å². The maximum Gasteiger partial charge on any atom is 0.169 e. The van der Waals surface area contributed by atoms with Crippen LogP contribution in [0.25, 0.3) is 16.9 Å². The minimum absolute atomic E-state index is 0.00251. The highest BCUT2D eigenvalue weighted by Gasteiger charge is 2.19. The fourth-order valence-corrected chi connectivity index (χ4v) is 4.37. The third kappa shape index (κ3) is 4.45. The first-order chi connectivity index (χ1) is 13.2. The Morgan fingerprint density at radius 3 is 2.64 bits per heavy atom. The van der Waals surface area contributed by atoms with E-state index in [1.54, 1.807) is 31.1 Å². The monoisotopic (exact) mass is 468 g/mol. The van der Waals surface area contributed by atoms with Crippen LogP contribution in [0.2, 0.25) is 0 Å². The summed E-state index contributed by atoms with van der Waals surface area (Å²) in [5, 5.41) is 8.90. The number of fused-ring (bicyclic) bond motifs is 1. The summed E-state index contributed by atoms with van der Waals surface area (Å²) in [6, 6.07) is 5.06. The third-order valence-corrected chi connectivity index (χ3v) is 5.57. The van der Waals surface area contributed by atoms with Crippen molar-refractivity contribution in [3.05, 3.63) is 40.9 Å². The van der Waals surface area contributed by atoms with E-state index in [4.69, 9.17) is 14.6 Å². The molecule has 1 aromatic carbocycles. The van der Waals surface area contributed by atoms with E-state index in [0.29, 0.717) is 15.7 Å². The van der Waals surface area contributed by atoms with Gasteiger partial charge in [0.15, 0.2) is 11.6 Å². The van der Waals surface area contributed by atoms with Crippen LogP contribution in [0.3, 0.4) is 0 Å². The summed E-state index contributed by atoms with van der Waals surface area (Å²) in [5.74, 6) is 0.326. The second-order valence-electron chi connectivity index (χ2n) is 7.13. The SMILES string of the molecule is COc1cc2ncc(-c3cc(F)c(OCCO)c(Br)c3)n2cc1SC(C)(C)C. The number of halogens is 2. The van der Waals surface area contributed by atoms with Gasteiger partial charge in [-0.15, -0.1) is 11.8 Å². The highest BCUT2D eigenvalue weighted by Crippen LogP contribution is 2.40. The summed E-state index contributed by atoms with van der Waals surface area (Å²) in [4.78, 5) is 5.42. The first-order valence-corrected chi connectivity index (χ1v) is 10.3. The van der Waals surface area contributed by atoms with Crippen LogP contribution < -0.4 is 9.47 Å². The first kappa shape index (κ1) is 21.0. The van der Waals surface area contributed by atoms with Crippen LogP contribution in [0.15, 0.2) is 40.0 Å². The second-order valence-corrected chi connectivity index (χ2v) is 9.86. The van der Waals surface area contributed by atoms with E-state index in [-0.39, 0.29) is 23.7 Å². The molecular formula is C20H22BrFN2O3S. The van der Waals surface area contributed by atoms with Crippen molar-refractivity contribution in [1.82, 2.24) is 9.38 Å². The molecule has 0 aliphatic heterocycles. The molecule has 0 aliphatic carbocycles. The molecule has 2 aromatic heterocycles. The highest BCUT2D eigenvalue weighted by atomic mass is 79.9. The number of aliphatic hydroxyl groups is 1. The Balaban J connectivity index is 2.10. The van der Waals surface area contributed by atoms with Crippen LogP contribution in [0.4, 0.5) is 4.39 Å². The average Bonchev–Trinajstić information content (AvgIpc) is 3.01. The van der Waals surface area contributed by atoms with E-state index >= 15 is 0 Å². The molecule has 8 heteroatoms. The molecule has 0 amide bonds. The molecule has 0 fully saturated rings. The minimum atomic E-state index is -0.509. The van der Waals surface area contributed by atoms with E-state index in [0.717, 1.165) is 16.3 Å². The smallest absolute Gasteiger partial charge is 0.169 e. The molecule has 2 heterocycles. The number of methoxy groups -OCH3 is 1. The molecule has 0 unspecified atom stereocenters. The van der Waals surface area contributed by atoms with Crippen molar-refractivity contribution in [1.29, 1.82) is 0 Å². The normalized spacial score (nSPS) is 11.8. The summed E-state index contributed by atoms with van der Waals surface area (Å²) in [6.07, 6.45) is 3.67. The van der Waals surface area contributed by atoms with Crippen molar-refractivity contribution in [2.45, 2.75) is 30.4 Å². The number of hydrogen-bond donors (Lipinski definition) is 1. The molecule has 5 nitrogen and oxygen atoms in total. The number of rotatable bonds is 6. The fourth-order valence-electron chi connectivity index (χ4n) is 2.76. The van der Waals surface area contributed by atoms with Gasteiger partial charge in [-0.25, -0.2) is 9.37 Å². The topological polar surface area (TPSA) is 56.0 Å². The van der Waals surface area contributed by atoms with Crippen LogP contribution >= 0.6 is 27.7 Å². The van der Waals surface area contributed by atoms with Crippen molar-refractivity contribution in [3.8, 4) is 22.8 Å². The van der Waals surface area contributed by atoms with E-state index in [9.17, 15) is 4.39 Å². The average molecular weight is 469 g/mol. The number of thioether (sulfide) groups is 1. The van der Waals surface area contributed by atoms with Crippen molar-refractivity contribution in [2.75, 3.05) is 20.3 Å². The first-order valence-electron chi connectivity index (χ1n) is 8.70. The zero-order valence-electron chi connectivity index (χ0n) is 16.1. The van der Waals surface area contributed by atoms with Gasteiger partial charge in [0, 0.05) is 22.6 Å². The molecule has 0 bridgehead atoms. The lowest BCUT2D eigenvalue weighted by atomic mass is 10.1. The predicted molar refractivity (Wildman–Crippen MR) is 113 cm³/mol. The number of aromatic nitrogens is 2. The molecule has 1 N–H and O–H groups in total. The zero-order chi connectivity index (χ0) is 20.5. The van der Waals surface area contributed by atoms with Gasteiger partial charge in [-0.05, 0) is 28.1 Å². The minimum Gasteiger partial charge on any atom is -0.495 e. The largest absolute Gasteiger partial charge is 0.495 e. The molecule has 0 saturated heterocycles. The van der Waals surface area contributed by atoms with Gasteiger partial charge in [-0.2, -0.15) is 0 Å². The Morgan fingerprint density at radius 1 is 1.29 bits per heavy atom. The number of imidazole rings is 1. The highest BCUT2D eigenvalue weighted by molar-refractivity contribution is 9.10. The zero-order valence-corrected chi connectivity index (χ0v) is 18.5. The van der Waals surface area contributed by atoms with Crippen LogP contribution in [-0.4, -0.2) is 39.6 Å². The van der Waals surface area contributed by atoms with Crippen LogP contribution in [-0.2, 0) is 0 Å². The number of nitrogens with zero attached hydrogens (tertiary/aromatic N) is 2. The summed E-state index contributed by atoms with van der Waals surface area (Å²) in [7, 11) is 1.64. The fraction of sp³-hybridized carbons (Fsp3) is 0.350. The van der Waals surface area contributed by atoms with Crippen molar-refractivity contribution >= 4 is 33.3 Å². The predicted octanol–water partition coefficient (Wildman–Crippen LogP) is 5.17. The molecule has 0 radical (unpaired) electrons. The lowest BCUT2D eigenvalue weighted by Crippen LogP contribution is -2.08. The Labute approximate surface area is 176 Å². The molecule has 3 aromatic rings. The number of ether oxygens (including phenoxy) is 2. The lowest BCUT2D eigenvalue weighted by Gasteiger charge is -2.20. The summed E-state index contributed by atoms with van der Waals surface area (Å²) in [6.45, 7) is 6.24. The summed E-state index contributed by atoms with van der Waals surface area (Å²) in [5.41, 5.74) is 2.12. The lowest BCUT2D eigenvalue weighted by molar-refractivity contribution is 0.195. The molecule has 3 rings (SSSR count). The molecular weight excluding hydrogens is 447 g/mol. The summed E-state index contributed by atoms with van der Waals surface area (Å²) < 4.78 is 27.8. The molecule has 28 heavy (non-hydrogen) atoms. The standard InChI is InChI=1S/C20H22BrFN2O3S/c1-20(2,3)28-17-11-24-15(10-23-18(24)9-16(17)26-4)12-7-13(21)19(14(22)8-12)27-6-5-25/h7-11,25H,5-6H2,1-4H3. The van der Waals surface area contributed by atoms with E-state index < -0.39 is 5.82 Å². The Morgan fingerprint density at radius 2 is 2.04 bits per heavy atom. The van der Waals surface area contributed by atoms with Gasteiger partial charge in [0.1, 0.15) is 18.0 Å². The Hall–Kier alpha value is -1.77. The Kier molecular flexibility index (Phi) is 6.21.